The van der Waals surface area contributed by atoms with E-state index in [-0.39, 0.29) is 17.5 Å². The molecule has 1 fully saturated rings. The number of ether oxygens (including phenoxy) is 1. The van der Waals surface area contributed by atoms with Crippen molar-refractivity contribution < 1.29 is 27.5 Å². The highest BCUT2D eigenvalue weighted by Gasteiger charge is 2.40. The normalized spacial score (nSPS) is 18.5. The van der Waals surface area contributed by atoms with Crippen molar-refractivity contribution in [1.29, 1.82) is 0 Å². The zero-order valence-corrected chi connectivity index (χ0v) is 20.7. The number of nitrogens with one attached hydrogen (secondary N) is 1. The first-order valence-electron chi connectivity index (χ1n) is 12.3. The molecular formula is C28H22F3N5O3. The fourth-order valence-corrected chi connectivity index (χ4v) is 4.94. The molecule has 1 saturated heterocycles. The molecule has 2 aromatic carbocycles. The molecule has 39 heavy (non-hydrogen) atoms. The van der Waals surface area contributed by atoms with Crippen LogP contribution in [0.25, 0.3) is 16.9 Å². The average molecular weight is 534 g/mol. The summed E-state index contributed by atoms with van der Waals surface area (Å²) in [5.41, 5.74) is 3.98. The van der Waals surface area contributed by atoms with Crippen molar-refractivity contribution >= 4 is 17.5 Å². The van der Waals surface area contributed by atoms with Crippen LogP contribution in [-0.4, -0.2) is 44.1 Å². The zero-order chi connectivity index (χ0) is 27.3. The van der Waals surface area contributed by atoms with Gasteiger partial charge in [0.2, 0.25) is 11.9 Å². The molecule has 0 unspecified atom stereocenters. The second-order valence-corrected chi connectivity index (χ2v) is 9.50. The second kappa shape index (κ2) is 9.66. The molecule has 4 heterocycles. The van der Waals surface area contributed by atoms with Crippen LogP contribution in [0, 0.1) is 17.6 Å². The van der Waals surface area contributed by atoms with Crippen LogP contribution in [0.5, 0.6) is 0 Å². The summed E-state index contributed by atoms with van der Waals surface area (Å²) in [6.45, 7) is 1.95. The highest BCUT2D eigenvalue weighted by atomic mass is 19.1. The van der Waals surface area contributed by atoms with Gasteiger partial charge in [0.15, 0.2) is 6.23 Å². The van der Waals surface area contributed by atoms with Crippen LogP contribution >= 0.6 is 0 Å². The number of hydrogen-bond acceptors (Lipinski definition) is 5. The SMILES string of the molecule is C[C@@H]1O[C@@H](c2cn(-c3cc(F)cc(F)c3)nc2-c2ccc(F)nc2)N(CCc2ccc3c(c2)CC(=O)N3)C1=O. The lowest BCUT2D eigenvalue weighted by molar-refractivity contribution is -0.130. The van der Waals surface area contributed by atoms with Crippen molar-refractivity contribution in [2.75, 3.05) is 11.9 Å². The van der Waals surface area contributed by atoms with Gasteiger partial charge in [-0.25, -0.2) is 18.4 Å². The van der Waals surface area contributed by atoms with Crippen LogP contribution < -0.4 is 5.32 Å². The lowest BCUT2D eigenvalue weighted by Gasteiger charge is -2.23. The lowest BCUT2D eigenvalue weighted by Crippen LogP contribution is -2.32. The molecule has 0 saturated carbocycles. The Morgan fingerprint density at radius 3 is 2.59 bits per heavy atom. The summed E-state index contributed by atoms with van der Waals surface area (Å²) < 4.78 is 48.9. The Hall–Kier alpha value is -4.51. The van der Waals surface area contributed by atoms with Crippen molar-refractivity contribution in [1.82, 2.24) is 19.7 Å². The topological polar surface area (TPSA) is 89.3 Å². The van der Waals surface area contributed by atoms with Gasteiger partial charge in [-0.15, -0.1) is 0 Å². The third kappa shape index (κ3) is 4.76. The van der Waals surface area contributed by atoms with E-state index in [1.807, 2.05) is 18.2 Å². The number of anilines is 1. The molecule has 8 nitrogen and oxygen atoms in total. The summed E-state index contributed by atoms with van der Waals surface area (Å²) in [5.74, 6) is -2.52. The monoisotopic (exact) mass is 533 g/mol. The van der Waals surface area contributed by atoms with Crippen molar-refractivity contribution in [3.05, 3.63) is 95.2 Å². The first kappa shape index (κ1) is 24.8. The molecule has 0 aliphatic carbocycles. The van der Waals surface area contributed by atoms with Crippen molar-refractivity contribution in [3.63, 3.8) is 0 Å². The van der Waals surface area contributed by atoms with Gasteiger partial charge in [0.05, 0.1) is 12.1 Å². The minimum atomic E-state index is -0.864. The number of fused-ring (bicyclic) bond motifs is 1. The van der Waals surface area contributed by atoms with Gasteiger partial charge >= 0.3 is 0 Å². The van der Waals surface area contributed by atoms with Gasteiger partial charge in [-0.3, -0.25) is 9.59 Å². The van der Waals surface area contributed by atoms with E-state index < -0.39 is 29.9 Å². The van der Waals surface area contributed by atoms with Crippen molar-refractivity contribution in [3.8, 4) is 16.9 Å². The van der Waals surface area contributed by atoms with E-state index in [0.29, 0.717) is 36.2 Å². The standard InChI is InChI=1S/C28H22F3N5O3/c1-15-27(38)35(7-6-16-2-4-23-18(8-16)9-25(37)33-23)28(39-15)22-14-36(21-11-19(29)10-20(30)12-21)34-26(22)17-3-5-24(31)32-13-17/h2-5,8,10-15,28H,6-7,9H2,1H3,(H,33,37)/t15-,28-/m0/s1. The molecular weight excluding hydrogens is 511 g/mol. The number of halogens is 3. The minimum Gasteiger partial charge on any atom is -0.341 e. The molecule has 2 aliphatic heterocycles. The highest BCUT2D eigenvalue weighted by Crippen LogP contribution is 2.37. The van der Waals surface area contributed by atoms with Gasteiger partial charge < -0.3 is 15.0 Å². The van der Waals surface area contributed by atoms with E-state index in [1.54, 1.807) is 18.0 Å². The summed E-state index contributed by atoms with van der Waals surface area (Å²) in [5, 5.41) is 7.32. The fourth-order valence-electron chi connectivity index (χ4n) is 4.94. The Morgan fingerprint density at radius 2 is 1.85 bits per heavy atom. The quantitative estimate of drug-likeness (QED) is 0.373. The van der Waals surface area contributed by atoms with Gasteiger partial charge in [0.25, 0.3) is 5.91 Å². The molecule has 0 radical (unpaired) electrons. The van der Waals surface area contributed by atoms with Crippen LogP contribution in [0.1, 0.15) is 29.8 Å². The van der Waals surface area contributed by atoms with E-state index >= 15 is 0 Å². The summed E-state index contributed by atoms with van der Waals surface area (Å²) >= 11 is 0. The van der Waals surface area contributed by atoms with E-state index in [2.05, 4.69) is 15.4 Å². The number of carbonyl (C=O) groups is 2. The second-order valence-electron chi connectivity index (χ2n) is 9.50. The number of amides is 2. The molecule has 2 atom stereocenters. The number of hydrogen-bond donors (Lipinski definition) is 1. The number of nitrogens with zero attached hydrogens (tertiary/aromatic N) is 4. The minimum absolute atomic E-state index is 0.0582. The van der Waals surface area contributed by atoms with Gasteiger partial charge in [0, 0.05) is 41.8 Å². The molecule has 2 amide bonds. The maximum absolute atomic E-state index is 14.0. The molecule has 1 N–H and O–H groups in total. The number of carbonyl (C=O) groups excluding carboxylic acids is 2. The van der Waals surface area contributed by atoms with Crippen LogP contribution in [0.3, 0.4) is 0 Å². The van der Waals surface area contributed by atoms with Crippen LogP contribution in [-0.2, 0) is 27.2 Å². The molecule has 11 heteroatoms. The Bertz CT molecular complexity index is 1580. The third-order valence-electron chi connectivity index (χ3n) is 6.80. The van der Waals surface area contributed by atoms with Crippen molar-refractivity contribution in [2.45, 2.75) is 32.1 Å². The smallest absolute Gasteiger partial charge is 0.253 e. The van der Waals surface area contributed by atoms with E-state index in [4.69, 9.17) is 4.74 Å². The molecule has 0 bridgehead atoms. The van der Waals surface area contributed by atoms with Crippen LogP contribution in [0.2, 0.25) is 0 Å². The third-order valence-corrected chi connectivity index (χ3v) is 6.80. The number of pyridine rings is 1. The first-order valence-corrected chi connectivity index (χ1v) is 12.3. The van der Waals surface area contributed by atoms with E-state index in [0.717, 1.165) is 35.0 Å². The predicted octanol–water partition coefficient (Wildman–Crippen LogP) is 4.33. The van der Waals surface area contributed by atoms with Gasteiger partial charge in [-0.2, -0.15) is 9.49 Å². The molecule has 0 spiro atoms. The Morgan fingerprint density at radius 1 is 1.05 bits per heavy atom. The molecule has 2 aromatic heterocycles. The zero-order valence-electron chi connectivity index (χ0n) is 20.7. The predicted molar refractivity (Wildman–Crippen MR) is 134 cm³/mol. The van der Waals surface area contributed by atoms with Crippen molar-refractivity contribution in [2.24, 2.45) is 0 Å². The Balaban J connectivity index is 1.36. The molecule has 198 valence electrons. The molecule has 4 aromatic rings. The van der Waals surface area contributed by atoms with Gasteiger partial charge in [0.1, 0.15) is 23.4 Å². The molecule has 2 aliphatic rings. The van der Waals surface area contributed by atoms with Gasteiger partial charge in [-0.1, -0.05) is 12.1 Å². The molecule has 6 rings (SSSR count). The summed E-state index contributed by atoms with van der Waals surface area (Å²) in [6.07, 6.45) is 2.04. The average Bonchev–Trinajstić information content (AvgIpc) is 3.57. The van der Waals surface area contributed by atoms with Crippen LogP contribution in [0.4, 0.5) is 18.9 Å². The summed E-state index contributed by atoms with van der Waals surface area (Å²) in [4.78, 5) is 30.2. The van der Waals surface area contributed by atoms with Gasteiger partial charge in [-0.05, 0) is 54.8 Å². The largest absolute Gasteiger partial charge is 0.341 e. The van der Waals surface area contributed by atoms with E-state index in [1.165, 1.54) is 23.0 Å². The number of aromatic nitrogens is 3. The fraction of sp³-hybridized carbons (Fsp3) is 0.214. The highest BCUT2D eigenvalue weighted by molar-refractivity contribution is 5.99. The maximum atomic E-state index is 14.0. The number of rotatable bonds is 6. The lowest BCUT2D eigenvalue weighted by atomic mass is 10.0. The Kier molecular flexibility index (Phi) is 6.15. The van der Waals surface area contributed by atoms with E-state index in [9.17, 15) is 22.8 Å². The summed E-state index contributed by atoms with van der Waals surface area (Å²) in [6, 6.07) is 11.4. The Labute approximate surface area is 221 Å². The summed E-state index contributed by atoms with van der Waals surface area (Å²) in [7, 11) is 0. The number of benzene rings is 2. The first-order chi connectivity index (χ1) is 18.7. The maximum Gasteiger partial charge on any atom is 0.253 e. The van der Waals surface area contributed by atoms with Crippen LogP contribution in [0.15, 0.2) is 60.9 Å².